The number of thioether (sulfide) groups is 1. The van der Waals surface area contributed by atoms with Gasteiger partial charge in [0.15, 0.2) is 0 Å². The Bertz CT molecular complexity index is 575. The van der Waals surface area contributed by atoms with Crippen LogP contribution in [0.3, 0.4) is 0 Å². The Morgan fingerprint density at radius 2 is 2.09 bits per heavy atom. The third-order valence-corrected chi connectivity index (χ3v) is 5.73. The van der Waals surface area contributed by atoms with Crippen LogP contribution in [0.1, 0.15) is 64.2 Å². The highest BCUT2D eigenvalue weighted by atomic mass is 32.2. The van der Waals surface area contributed by atoms with Crippen molar-refractivity contribution in [2.75, 3.05) is 18.7 Å². The normalized spacial score (nSPS) is 24.3. The van der Waals surface area contributed by atoms with Crippen LogP contribution in [-0.2, 0) is 15.1 Å². The molecule has 0 spiro atoms. The van der Waals surface area contributed by atoms with Crippen molar-refractivity contribution in [3.63, 3.8) is 0 Å². The molecule has 1 aromatic heterocycles. The van der Waals surface area contributed by atoms with Crippen molar-refractivity contribution >= 4 is 17.7 Å². The summed E-state index contributed by atoms with van der Waals surface area (Å²) in [6.07, 6.45) is 4.08. The highest BCUT2D eigenvalue weighted by Crippen LogP contribution is 2.41. The van der Waals surface area contributed by atoms with E-state index in [0.717, 1.165) is 31.4 Å². The van der Waals surface area contributed by atoms with Crippen LogP contribution in [-0.4, -0.2) is 39.7 Å². The summed E-state index contributed by atoms with van der Waals surface area (Å²) < 4.78 is 11.3. The first kappa shape index (κ1) is 16.8. The van der Waals surface area contributed by atoms with Crippen LogP contribution < -0.4 is 0 Å². The van der Waals surface area contributed by atoms with E-state index in [1.54, 1.807) is 18.9 Å². The Kier molecular flexibility index (Phi) is 4.44. The number of hydrogen-bond acceptors (Lipinski definition) is 6. The van der Waals surface area contributed by atoms with E-state index in [4.69, 9.17) is 9.26 Å². The van der Waals surface area contributed by atoms with Crippen molar-refractivity contribution in [3.8, 4) is 0 Å². The lowest BCUT2D eigenvalue weighted by molar-refractivity contribution is -0.140. The monoisotopic (exact) mass is 339 g/mol. The summed E-state index contributed by atoms with van der Waals surface area (Å²) in [6.45, 7) is 5.81. The zero-order valence-corrected chi connectivity index (χ0v) is 15.1. The molecule has 1 amide bonds. The summed E-state index contributed by atoms with van der Waals surface area (Å²) in [7, 11) is 1.71. The van der Waals surface area contributed by atoms with E-state index in [1.165, 1.54) is 0 Å². The number of carbonyl (C=O) groups is 1. The lowest BCUT2D eigenvalue weighted by Gasteiger charge is -2.28. The van der Waals surface area contributed by atoms with Gasteiger partial charge in [0.2, 0.25) is 17.6 Å². The van der Waals surface area contributed by atoms with Gasteiger partial charge in [-0.2, -0.15) is 4.98 Å². The molecule has 128 valence electrons. The van der Waals surface area contributed by atoms with Crippen LogP contribution in [0.5, 0.6) is 0 Å². The molecule has 1 aromatic rings. The van der Waals surface area contributed by atoms with Crippen molar-refractivity contribution in [1.82, 2.24) is 15.0 Å². The highest BCUT2D eigenvalue weighted by molar-refractivity contribution is 7.99. The molecule has 7 heteroatoms. The summed E-state index contributed by atoms with van der Waals surface area (Å²) in [6, 6.07) is -0.136. The van der Waals surface area contributed by atoms with Gasteiger partial charge < -0.3 is 14.2 Å². The summed E-state index contributed by atoms with van der Waals surface area (Å²) in [5, 5.41) is 4.18. The molecular weight excluding hydrogens is 314 g/mol. The van der Waals surface area contributed by atoms with Gasteiger partial charge >= 0.3 is 0 Å². The van der Waals surface area contributed by atoms with E-state index in [0.29, 0.717) is 17.6 Å². The molecule has 2 heterocycles. The van der Waals surface area contributed by atoms with Gasteiger partial charge in [-0.1, -0.05) is 25.9 Å². The molecule has 1 aliphatic heterocycles. The van der Waals surface area contributed by atoms with Gasteiger partial charge in [-0.15, -0.1) is 11.8 Å². The summed E-state index contributed by atoms with van der Waals surface area (Å²) in [4.78, 5) is 19.1. The molecule has 2 fully saturated rings. The summed E-state index contributed by atoms with van der Waals surface area (Å²) >= 11 is 1.72. The van der Waals surface area contributed by atoms with E-state index in [9.17, 15) is 4.79 Å². The average Bonchev–Trinajstić information content (AvgIpc) is 3.23. The largest absolute Gasteiger partial charge is 0.370 e. The number of carbonyl (C=O) groups excluding carboxylic acids is 1. The van der Waals surface area contributed by atoms with Gasteiger partial charge in [-0.3, -0.25) is 4.79 Å². The van der Waals surface area contributed by atoms with Crippen molar-refractivity contribution in [1.29, 1.82) is 0 Å². The number of hydrogen-bond donors (Lipinski definition) is 0. The van der Waals surface area contributed by atoms with E-state index in [2.05, 4.69) is 10.1 Å². The highest BCUT2D eigenvalue weighted by Gasteiger charge is 2.43. The maximum absolute atomic E-state index is 12.6. The molecule has 3 rings (SSSR count). The molecule has 6 nitrogen and oxygen atoms in total. The zero-order chi connectivity index (χ0) is 16.7. The Morgan fingerprint density at radius 1 is 1.39 bits per heavy atom. The molecule has 0 aromatic carbocycles. The Balaban J connectivity index is 1.83. The number of amides is 1. The van der Waals surface area contributed by atoms with E-state index in [1.807, 2.05) is 25.7 Å². The Hall–Kier alpha value is -1.08. The number of nitrogens with zero attached hydrogens (tertiary/aromatic N) is 3. The molecule has 1 aliphatic carbocycles. The number of methoxy groups -OCH3 is 1. The second-order valence-electron chi connectivity index (χ2n) is 7.40. The molecule has 1 unspecified atom stereocenters. The smallest absolute Gasteiger partial charge is 0.250 e. The number of rotatable bonds is 3. The average molecular weight is 339 g/mol. The van der Waals surface area contributed by atoms with E-state index in [-0.39, 0.29) is 11.9 Å². The predicted octanol–water partition coefficient (Wildman–Crippen LogP) is 3.11. The molecule has 0 N–H and O–H groups in total. The van der Waals surface area contributed by atoms with Crippen molar-refractivity contribution in [2.45, 2.75) is 58.1 Å². The van der Waals surface area contributed by atoms with Gasteiger partial charge in [0, 0.05) is 18.3 Å². The number of aromatic nitrogens is 2. The molecule has 2 aliphatic rings. The lowest BCUT2D eigenvalue weighted by atomic mass is 9.94. The van der Waals surface area contributed by atoms with Gasteiger partial charge in [-0.05, 0) is 25.7 Å². The molecule has 0 radical (unpaired) electrons. The summed E-state index contributed by atoms with van der Waals surface area (Å²) in [5.41, 5.74) is -0.822. The standard InChI is InChI=1S/C16H25N3O3S/c1-15(2,3)14(20)19-10-23-9-11(19)12-17-13(18-22-12)16(21-4)7-5-6-8-16/h11H,5-10H2,1-4H3. The van der Waals surface area contributed by atoms with Gasteiger partial charge in [0.25, 0.3) is 0 Å². The maximum Gasteiger partial charge on any atom is 0.250 e. The van der Waals surface area contributed by atoms with Crippen LogP contribution in [0.4, 0.5) is 0 Å². The fourth-order valence-corrected chi connectivity index (χ4v) is 4.44. The third-order valence-electron chi connectivity index (χ3n) is 4.72. The SMILES string of the molecule is COC1(c2noc(C3CSCN3C(=O)C(C)(C)C)n2)CCCC1. The Labute approximate surface area is 141 Å². The molecule has 23 heavy (non-hydrogen) atoms. The minimum atomic E-state index is -0.412. The van der Waals surface area contributed by atoms with E-state index >= 15 is 0 Å². The molecular formula is C16H25N3O3S. The third kappa shape index (κ3) is 3.01. The Morgan fingerprint density at radius 3 is 2.70 bits per heavy atom. The predicted molar refractivity (Wildman–Crippen MR) is 87.8 cm³/mol. The number of ether oxygens (including phenoxy) is 1. The fraction of sp³-hybridized carbons (Fsp3) is 0.812. The van der Waals surface area contributed by atoms with Gasteiger partial charge in [-0.25, -0.2) is 0 Å². The zero-order valence-electron chi connectivity index (χ0n) is 14.3. The van der Waals surface area contributed by atoms with Crippen molar-refractivity contribution < 1.29 is 14.1 Å². The first-order valence-electron chi connectivity index (χ1n) is 8.15. The van der Waals surface area contributed by atoms with Crippen LogP contribution in [0.25, 0.3) is 0 Å². The van der Waals surface area contributed by atoms with E-state index < -0.39 is 11.0 Å². The second kappa shape index (κ2) is 6.09. The van der Waals surface area contributed by atoms with Gasteiger partial charge in [0.1, 0.15) is 11.6 Å². The molecule has 1 saturated heterocycles. The van der Waals surface area contributed by atoms with Crippen LogP contribution in [0.2, 0.25) is 0 Å². The quantitative estimate of drug-likeness (QED) is 0.843. The molecule has 1 saturated carbocycles. The summed E-state index contributed by atoms with van der Waals surface area (Å²) in [5.74, 6) is 2.75. The first-order valence-corrected chi connectivity index (χ1v) is 9.31. The maximum atomic E-state index is 12.6. The van der Waals surface area contributed by atoms with Crippen molar-refractivity contribution in [2.24, 2.45) is 5.41 Å². The van der Waals surface area contributed by atoms with Gasteiger partial charge in [0.05, 0.1) is 5.88 Å². The second-order valence-corrected chi connectivity index (χ2v) is 8.40. The van der Waals surface area contributed by atoms with Crippen LogP contribution >= 0.6 is 11.8 Å². The molecule has 1 atom stereocenters. The van der Waals surface area contributed by atoms with Crippen LogP contribution in [0, 0.1) is 5.41 Å². The fourth-order valence-electron chi connectivity index (χ4n) is 3.30. The minimum Gasteiger partial charge on any atom is -0.370 e. The van der Waals surface area contributed by atoms with Crippen LogP contribution in [0.15, 0.2) is 4.52 Å². The molecule has 0 bridgehead atoms. The topological polar surface area (TPSA) is 68.5 Å². The first-order chi connectivity index (χ1) is 10.9. The lowest BCUT2D eigenvalue weighted by Crippen LogP contribution is -2.39. The van der Waals surface area contributed by atoms with Crippen molar-refractivity contribution in [3.05, 3.63) is 11.7 Å². The minimum absolute atomic E-state index is 0.120.